The first-order chi connectivity index (χ1) is 13.6. The summed E-state index contributed by atoms with van der Waals surface area (Å²) in [6.07, 6.45) is -0.122. The molecule has 0 saturated carbocycles. The molecule has 2 aromatic carbocycles. The topological polar surface area (TPSA) is 87.0 Å². The molecule has 1 aliphatic rings. The summed E-state index contributed by atoms with van der Waals surface area (Å²) in [6.45, 7) is 2.06. The number of hydrogen-bond acceptors (Lipinski definition) is 6. The van der Waals surface area contributed by atoms with Crippen molar-refractivity contribution in [1.82, 2.24) is 0 Å². The van der Waals surface area contributed by atoms with Crippen LogP contribution in [0, 0.1) is 0 Å². The minimum atomic E-state index is -0.965. The Bertz CT molecular complexity index is 1030. The maximum Gasteiger partial charge on any atom is 0.336 e. The first kappa shape index (κ1) is 18.3. The van der Waals surface area contributed by atoms with Crippen LogP contribution in [0.1, 0.15) is 19.8 Å². The normalized spacial score (nSPS) is 17.6. The zero-order valence-electron chi connectivity index (χ0n) is 15.7. The van der Waals surface area contributed by atoms with Gasteiger partial charge in [-0.15, -0.1) is 0 Å². The van der Waals surface area contributed by atoms with Gasteiger partial charge in [-0.3, -0.25) is 4.79 Å². The van der Waals surface area contributed by atoms with Crippen molar-refractivity contribution in [3.8, 4) is 5.75 Å². The Hall–Kier alpha value is -3.06. The number of carbonyl (C=O) groups is 2. The average molecular weight is 383 g/mol. The number of carbonyl (C=O) groups excluding carboxylic acids is 2. The van der Waals surface area contributed by atoms with Crippen molar-refractivity contribution < 1.29 is 28.2 Å². The molecule has 1 saturated heterocycles. The molecule has 0 radical (unpaired) electrons. The third-order valence-corrected chi connectivity index (χ3v) is 4.81. The second-order valence-corrected chi connectivity index (χ2v) is 6.72. The molecule has 1 amide bonds. The smallest absolute Gasteiger partial charge is 0.336 e. The molecular formula is C21H21NO6. The lowest BCUT2D eigenvalue weighted by Crippen LogP contribution is -2.34. The number of furan rings is 1. The summed E-state index contributed by atoms with van der Waals surface area (Å²) in [5.74, 6) is -0.481. The van der Waals surface area contributed by atoms with E-state index in [1.54, 1.807) is 6.07 Å². The van der Waals surface area contributed by atoms with Crippen LogP contribution >= 0.6 is 0 Å². The Morgan fingerprint density at radius 3 is 2.75 bits per heavy atom. The molecule has 1 fully saturated rings. The van der Waals surface area contributed by atoms with Gasteiger partial charge in [-0.25, -0.2) is 4.79 Å². The summed E-state index contributed by atoms with van der Waals surface area (Å²) in [6, 6.07) is 11.2. The highest BCUT2D eigenvalue weighted by Gasteiger charge is 2.28. The van der Waals surface area contributed by atoms with Gasteiger partial charge >= 0.3 is 5.97 Å². The number of para-hydroxylation sites is 1. The van der Waals surface area contributed by atoms with Crippen molar-refractivity contribution >= 4 is 39.5 Å². The van der Waals surface area contributed by atoms with Gasteiger partial charge in [0.15, 0.2) is 12.2 Å². The lowest BCUT2D eigenvalue weighted by atomic mass is 10.1. The molecular weight excluding hydrogens is 362 g/mol. The Labute approximate surface area is 161 Å². The van der Waals surface area contributed by atoms with E-state index in [2.05, 4.69) is 5.32 Å². The van der Waals surface area contributed by atoms with Crippen LogP contribution < -0.4 is 10.1 Å². The first-order valence-corrected chi connectivity index (χ1v) is 9.19. The van der Waals surface area contributed by atoms with E-state index in [1.807, 2.05) is 30.3 Å². The zero-order valence-corrected chi connectivity index (χ0v) is 15.7. The zero-order chi connectivity index (χ0) is 19.7. The predicted octanol–water partition coefficient (Wildman–Crippen LogP) is 3.64. The summed E-state index contributed by atoms with van der Waals surface area (Å²) in [5, 5.41) is 4.61. The van der Waals surface area contributed by atoms with Gasteiger partial charge in [0, 0.05) is 23.4 Å². The van der Waals surface area contributed by atoms with Crippen molar-refractivity contribution in [2.45, 2.75) is 32.0 Å². The number of amides is 1. The van der Waals surface area contributed by atoms with E-state index in [9.17, 15) is 9.59 Å². The summed E-state index contributed by atoms with van der Waals surface area (Å²) in [4.78, 5) is 24.6. The van der Waals surface area contributed by atoms with Crippen molar-refractivity contribution in [3.05, 3.63) is 36.4 Å². The van der Waals surface area contributed by atoms with E-state index in [0.29, 0.717) is 30.0 Å². The van der Waals surface area contributed by atoms with Crippen LogP contribution in [0.15, 0.2) is 40.8 Å². The van der Waals surface area contributed by atoms with Gasteiger partial charge < -0.3 is 23.9 Å². The summed E-state index contributed by atoms with van der Waals surface area (Å²) < 4.78 is 21.8. The number of anilines is 1. The number of esters is 1. The molecule has 0 unspecified atom stereocenters. The third-order valence-electron chi connectivity index (χ3n) is 4.81. The number of fused-ring (bicyclic) bond motifs is 3. The minimum Gasteiger partial charge on any atom is -0.495 e. The number of rotatable bonds is 5. The van der Waals surface area contributed by atoms with E-state index >= 15 is 0 Å². The quantitative estimate of drug-likeness (QED) is 0.677. The molecule has 1 aromatic heterocycles. The van der Waals surface area contributed by atoms with Crippen molar-refractivity contribution in [3.63, 3.8) is 0 Å². The van der Waals surface area contributed by atoms with Gasteiger partial charge in [0.05, 0.1) is 12.8 Å². The largest absolute Gasteiger partial charge is 0.495 e. The molecule has 0 aliphatic carbocycles. The van der Waals surface area contributed by atoms with E-state index in [-0.39, 0.29) is 0 Å². The molecule has 2 atom stereocenters. The van der Waals surface area contributed by atoms with Crippen LogP contribution in [-0.4, -0.2) is 37.8 Å². The van der Waals surface area contributed by atoms with Crippen LogP contribution in [-0.2, 0) is 19.1 Å². The van der Waals surface area contributed by atoms with E-state index in [1.165, 1.54) is 14.0 Å². The van der Waals surface area contributed by atoms with Gasteiger partial charge in [0.25, 0.3) is 5.91 Å². The minimum absolute atomic E-state index is 0.444. The highest BCUT2D eigenvalue weighted by atomic mass is 16.6. The van der Waals surface area contributed by atoms with Crippen LogP contribution in [0.5, 0.6) is 5.75 Å². The van der Waals surface area contributed by atoms with Crippen LogP contribution in [0.4, 0.5) is 5.69 Å². The molecule has 7 nitrogen and oxygen atoms in total. The molecule has 7 heteroatoms. The predicted molar refractivity (Wildman–Crippen MR) is 103 cm³/mol. The monoisotopic (exact) mass is 383 g/mol. The van der Waals surface area contributed by atoms with Gasteiger partial charge in [0.2, 0.25) is 0 Å². The van der Waals surface area contributed by atoms with E-state index in [0.717, 1.165) is 22.8 Å². The number of ether oxygens (including phenoxy) is 3. The fourth-order valence-electron chi connectivity index (χ4n) is 3.32. The van der Waals surface area contributed by atoms with Gasteiger partial charge in [-0.05, 0) is 31.9 Å². The highest BCUT2D eigenvalue weighted by molar-refractivity contribution is 6.08. The second-order valence-electron chi connectivity index (χ2n) is 6.72. The van der Waals surface area contributed by atoms with Gasteiger partial charge in [-0.2, -0.15) is 0 Å². The van der Waals surface area contributed by atoms with Crippen molar-refractivity contribution in [2.75, 3.05) is 19.0 Å². The Morgan fingerprint density at radius 1 is 1.18 bits per heavy atom. The lowest BCUT2D eigenvalue weighted by Gasteiger charge is -2.17. The summed E-state index contributed by atoms with van der Waals surface area (Å²) >= 11 is 0. The molecule has 0 spiro atoms. The van der Waals surface area contributed by atoms with Crippen molar-refractivity contribution in [1.29, 1.82) is 0 Å². The number of hydrogen-bond donors (Lipinski definition) is 1. The molecule has 4 rings (SSSR count). The maximum absolute atomic E-state index is 12.5. The Morgan fingerprint density at radius 2 is 2.00 bits per heavy atom. The molecule has 28 heavy (non-hydrogen) atoms. The van der Waals surface area contributed by atoms with E-state index in [4.69, 9.17) is 18.6 Å². The maximum atomic E-state index is 12.5. The van der Waals surface area contributed by atoms with Gasteiger partial charge in [-0.1, -0.05) is 18.2 Å². The molecule has 0 bridgehead atoms. The molecule has 1 aliphatic heterocycles. The summed E-state index contributed by atoms with van der Waals surface area (Å²) in [7, 11) is 1.53. The van der Waals surface area contributed by atoms with Crippen molar-refractivity contribution in [2.24, 2.45) is 0 Å². The Kier molecular flexibility index (Phi) is 4.92. The molecule has 1 N–H and O–H groups in total. The molecule has 3 aromatic rings. The standard InChI is InChI=1S/C21H21NO6/c1-12(27-21(24)17-8-5-9-26-17)20(23)22-15-11-18-14(10-19(15)25-2)13-6-3-4-7-16(13)28-18/h3-4,6-7,10-12,17H,5,8-9H2,1-2H3,(H,22,23)/t12-,17+/m1/s1. The number of nitrogens with one attached hydrogen (secondary N) is 1. The lowest BCUT2D eigenvalue weighted by molar-refractivity contribution is -0.162. The average Bonchev–Trinajstić information content (AvgIpc) is 3.35. The summed E-state index contributed by atoms with van der Waals surface area (Å²) in [5.41, 5.74) is 1.82. The molecule has 2 heterocycles. The number of methoxy groups -OCH3 is 1. The Balaban J connectivity index is 1.55. The number of benzene rings is 2. The first-order valence-electron chi connectivity index (χ1n) is 9.19. The fraction of sp³-hybridized carbons (Fsp3) is 0.333. The van der Waals surface area contributed by atoms with Crippen LogP contribution in [0.2, 0.25) is 0 Å². The third kappa shape index (κ3) is 3.41. The van der Waals surface area contributed by atoms with Crippen LogP contribution in [0.3, 0.4) is 0 Å². The second kappa shape index (κ2) is 7.52. The SMILES string of the molecule is COc1cc2c(cc1NC(=O)[C@@H](C)OC(=O)[C@@H]1CCCO1)oc1ccccc12. The van der Waals surface area contributed by atoms with Gasteiger partial charge in [0.1, 0.15) is 16.9 Å². The van der Waals surface area contributed by atoms with Crippen LogP contribution in [0.25, 0.3) is 21.9 Å². The van der Waals surface area contributed by atoms with E-state index < -0.39 is 24.1 Å². The highest BCUT2D eigenvalue weighted by Crippen LogP contribution is 2.36. The molecule has 146 valence electrons. The fourth-order valence-corrected chi connectivity index (χ4v) is 3.32.